The molecule has 0 spiro atoms. The predicted octanol–water partition coefficient (Wildman–Crippen LogP) is 4.33. The zero-order valence-electron chi connectivity index (χ0n) is 22.2. The molecule has 39 heavy (non-hydrogen) atoms. The van der Waals surface area contributed by atoms with Gasteiger partial charge in [-0.3, -0.25) is 4.79 Å². The van der Waals surface area contributed by atoms with Gasteiger partial charge in [-0.05, 0) is 60.6 Å². The molecule has 0 saturated carbocycles. The second kappa shape index (κ2) is 15.3. The SMILES string of the molecule is COC(=O)NCCOC(c1cccc(Cl)c1)c1cccc(C(=O)N[C@@H](CC2CCOCC2)CN(C)C(=O)O)c1. The van der Waals surface area contributed by atoms with Gasteiger partial charge in [-0.1, -0.05) is 35.9 Å². The fourth-order valence-electron chi connectivity index (χ4n) is 4.54. The molecular weight excluding hydrogens is 526 g/mol. The summed E-state index contributed by atoms with van der Waals surface area (Å²) in [6.07, 6.45) is 0.261. The van der Waals surface area contributed by atoms with E-state index in [0.717, 1.165) is 24.0 Å². The van der Waals surface area contributed by atoms with Gasteiger partial charge in [0.15, 0.2) is 0 Å². The second-order valence-corrected chi connectivity index (χ2v) is 9.91. The lowest BCUT2D eigenvalue weighted by Gasteiger charge is -2.29. The molecule has 2 aromatic rings. The van der Waals surface area contributed by atoms with Crippen LogP contribution >= 0.6 is 11.6 Å². The highest BCUT2D eigenvalue weighted by Gasteiger charge is 2.24. The van der Waals surface area contributed by atoms with Crippen molar-refractivity contribution in [1.82, 2.24) is 15.5 Å². The maximum absolute atomic E-state index is 13.4. The molecule has 0 aromatic heterocycles. The summed E-state index contributed by atoms with van der Waals surface area (Å²) in [5, 5.41) is 15.6. The number of carbonyl (C=O) groups excluding carboxylic acids is 2. The van der Waals surface area contributed by atoms with Crippen molar-refractivity contribution in [3.05, 3.63) is 70.2 Å². The first-order valence-corrected chi connectivity index (χ1v) is 13.3. The lowest BCUT2D eigenvalue weighted by atomic mass is 9.92. The van der Waals surface area contributed by atoms with Crippen LogP contribution in [0.3, 0.4) is 0 Å². The molecule has 10 nitrogen and oxygen atoms in total. The third-order valence-electron chi connectivity index (χ3n) is 6.56. The molecule has 3 amide bonds. The van der Waals surface area contributed by atoms with E-state index in [1.807, 2.05) is 18.2 Å². The number of ether oxygens (including phenoxy) is 3. The second-order valence-electron chi connectivity index (χ2n) is 9.47. The number of carboxylic acid groups (broad SMARTS) is 1. The molecule has 11 heteroatoms. The van der Waals surface area contributed by atoms with Gasteiger partial charge in [-0.15, -0.1) is 0 Å². The summed E-state index contributed by atoms with van der Waals surface area (Å²) in [5.74, 6) is 0.0432. The molecule has 2 atom stereocenters. The van der Waals surface area contributed by atoms with E-state index in [-0.39, 0.29) is 31.6 Å². The summed E-state index contributed by atoms with van der Waals surface area (Å²) in [6.45, 7) is 1.94. The largest absolute Gasteiger partial charge is 0.465 e. The Kier molecular flexibility index (Phi) is 11.9. The molecule has 1 saturated heterocycles. The number of hydrogen-bond acceptors (Lipinski definition) is 6. The highest BCUT2D eigenvalue weighted by Crippen LogP contribution is 2.29. The van der Waals surface area contributed by atoms with Gasteiger partial charge >= 0.3 is 12.2 Å². The van der Waals surface area contributed by atoms with E-state index in [0.29, 0.717) is 36.1 Å². The molecule has 212 valence electrons. The number of alkyl carbamates (subject to hydrolysis) is 1. The molecule has 2 aromatic carbocycles. The van der Waals surface area contributed by atoms with Gasteiger partial charge in [-0.25, -0.2) is 9.59 Å². The van der Waals surface area contributed by atoms with E-state index >= 15 is 0 Å². The van der Waals surface area contributed by atoms with Gasteiger partial charge in [0.05, 0.1) is 13.7 Å². The van der Waals surface area contributed by atoms with Crippen LogP contribution in [-0.2, 0) is 14.2 Å². The monoisotopic (exact) mass is 561 g/mol. The number of carbonyl (C=O) groups is 3. The van der Waals surface area contributed by atoms with Crippen molar-refractivity contribution in [2.24, 2.45) is 5.92 Å². The van der Waals surface area contributed by atoms with Crippen LogP contribution in [0.25, 0.3) is 0 Å². The minimum atomic E-state index is -1.05. The molecular formula is C28H36ClN3O7. The standard InChI is InChI=1S/C28H36ClN3O7/c1-32(28(35)36)18-24(15-19-9-12-38-13-10-19)31-26(33)22-7-3-5-20(16-22)25(21-6-4-8-23(29)17-21)39-14-11-30-27(34)37-2/h3-8,16-17,19,24-25H,9-15,18H2,1-2H3,(H,30,34)(H,31,33)(H,35,36)/t24-,25?/m0/s1. The van der Waals surface area contributed by atoms with Crippen molar-refractivity contribution >= 4 is 29.7 Å². The maximum Gasteiger partial charge on any atom is 0.407 e. The highest BCUT2D eigenvalue weighted by atomic mass is 35.5. The fourth-order valence-corrected chi connectivity index (χ4v) is 4.74. The molecule has 1 aliphatic rings. The molecule has 0 bridgehead atoms. The van der Waals surface area contributed by atoms with Crippen molar-refractivity contribution in [2.45, 2.75) is 31.4 Å². The minimum Gasteiger partial charge on any atom is -0.465 e. The smallest absolute Gasteiger partial charge is 0.407 e. The van der Waals surface area contributed by atoms with Gasteiger partial charge in [0.25, 0.3) is 5.91 Å². The number of nitrogens with zero attached hydrogens (tertiary/aromatic N) is 1. The first-order chi connectivity index (χ1) is 18.8. The molecule has 0 radical (unpaired) electrons. The Balaban J connectivity index is 1.77. The van der Waals surface area contributed by atoms with Crippen molar-refractivity contribution in [3.63, 3.8) is 0 Å². The predicted molar refractivity (Wildman–Crippen MR) is 146 cm³/mol. The molecule has 3 N–H and O–H groups in total. The number of nitrogens with one attached hydrogen (secondary N) is 2. The number of hydrogen-bond donors (Lipinski definition) is 3. The van der Waals surface area contributed by atoms with Gasteiger partial charge < -0.3 is 34.9 Å². The van der Waals surface area contributed by atoms with E-state index < -0.39 is 18.3 Å². The van der Waals surface area contributed by atoms with E-state index in [1.54, 1.807) is 30.3 Å². The van der Waals surface area contributed by atoms with E-state index in [2.05, 4.69) is 15.4 Å². The van der Waals surface area contributed by atoms with Crippen molar-refractivity contribution in [2.75, 3.05) is 47.1 Å². The van der Waals surface area contributed by atoms with E-state index in [1.165, 1.54) is 19.1 Å². The molecule has 0 aliphatic carbocycles. The summed E-state index contributed by atoms with van der Waals surface area (Å²) in [7, 11) is 2.78. The van der Waals surface area contributed by atoms with Crippen LogP contribution < -0.4 is 10.6 Å². The zero-order chi connectivity index (χ0) is 28.2. The third-order valence-corrected chi connectivity index (χ3v) is 6.79. The zero-order valence-corrected chi connectivity index (χ0v) is 23.0. The molecule has 1 fully saturated rings. The minimum absolute atomic E-state index is 0.180. The maximum atomic E-state index is 13.4. The van der Waals surface area contributed by atoms with E-state index in [9.17, 15) is 19.5 Å². The normalized spacial score (nSPS) is 15.2. The van der Waals surface area contributed by atoms with Crippen molar-refractivity contribution in [1.29, 1.82) is 0 Å². The van der Waals surface area contributed by atoms with Crippen LogP contribution in [0.4, 0.5) is 9.59 Å². The Morgan fingerprint density at radius 2 is 1.82 bits per heavy atom. The summed E-state index contributed by atoms with van der Waals surface area (Å²) in [4.78, 5) is 37.4. The topological polar surface area (TPSA) is 126 Å². The lowest BCUT2D eigenvalue weighted by molar-refractivity contribution is 0.0580. The summed E-state index contributed by atoms with van der Waals surface area (Å²) >= 11 is 6.23. The van der Waals surface area contributed by atoms with Gasteiger partial charge in [0.2, 0.25) is 0 Å². The Morgan fingerprint density at radius 3 is 2.49 bits per heavy atom. The number of methoxy groups -OCH3 is 1. The van der Waals surface area contributed by atoms with Crippen molar-refractivity contribution < 1.29 is 33.7 Å². The first-order valence-electron chi connectivity index (χ1n) is 12.9. The number of benzene rings is 2. The van der Waals surface area contributed by atoms with Crippen molar-refractivity contribution in [3.8, 4) is 0 Å². The van der Waals surface area contributed by atoms with Gasteiger partial charge in [0, 0.05) is 50.0 Å². The lowest BCUT2D eigenvalue weighted by Crippen LogP contribution is -2.45. The van der Waals surface area contributed by atoms with Crippen LogP contribution in [0.5, 0.6) is 0 Å². The van der Waals surface area contributed by atoms with Crippen LogP contribution in [0.2, 0.25) is 5.02 Å². The Hall–Kier alpha value is -3.34. The number of amides is 3. The van der Waals surface area contributed by atoms with Crippen LogP contribution in [0, 0.1) is 5.92 Å². The Bertz CT molecular complexity index is 1110. The highest BCUT2D eigenvalue weighted by molar-refractivity contribution is 6.30. The molecule has 3 rings (SSSR count). The van der Waals surface area contributed by atoms with Gasteiger partial charge in [-0.2, -0.15) is 0 Å². The fraction of sp³-hybridized carbons (Fsp3) is 0.464. The summed E-state index contributed by atoms with van der Waals surface area (Å²) < 4.78 is 16.2. The first kappa shape index (κ1) is 30.2. The van der Waals surface area contributed by atoms with Gasteiger partial charge in [0.1, 0.15) is 6.10 Å². The average molecular weight is 562 g/mol. The third kappa shape index (κ3) is 9.72. The number of rotatable bonds is 12. The number of likely N-dealkylation sites (N-methyl/N-ethyl adjacent to an activating group) is 1. The molecule has 1 heterocycles. The van der Waals surface area contributed by atoms with Crippen LogP contribution in [0.1, 0.15) is 46.9 Å². The Labute approximate surface area is 233 Å². The quantitative estimate of drug-likeness (QED) is 0.329. The average Bonchev–Trinajstić information content (AvgIpc) is 2.93. The van der Waals surface area contributed by atoms with Crippen LogP contribution in [-0.4, -0.2) is 81.2 Å². The number of halogens is 1. The van der Waals surface area contributed by atoms with Crippen LogP contribution in [0.15, 0.2) is 48.5 Å². The molecule has 1 unspecified atom stereocenters. The summed E-state index contributed by atoms with van der Waals surface area (Å²) in [6, 6.07) is 14.0. The van der Waals surface area contributed by atoms with E-state index in [4.69, 9.17) is 21.1 Å². The Morgan fingerprint density at radius 1 is 1.13 bits per heavy atom. The summed E-state index contributed by atoms with van der Waals surface area (Å²) in [5.41, 5.74) is 1.94. The molecule has 1 aliphatic heterocycles.